The summed E-state index contributed by atoms with van der Waals surface area (Å²) in [5.74, 6) is 0. The lowest BCUT2D eigenvalue weighted by Crippen LogP contribution is -2.25. The first-order chi connectivity index (χ1) is 11.5. The molecule has 0 aliphatic heterocycles. The van der Waals surface area contributed by atoms with Gasteiger partial charge < -0.3 is 4.57 Å². The zero-order valence-electron chi connectivity index (χ0n) is 13.2. The molecular weight excluding hydrogens is 390 g/mol. The zero-order chi connectivity index (χ0) is 17.2. The van der Waals surface area contributed by atoms with Crippen LogP contribution in [0.3, 0.4) is 0 Å². The summed E-state index contributed by atoms with van der Waals surface area (Å²) >= 11 is 3.38. The van der Waals surface area contributed by atoms with Crippen LogP contribution in [0.25, 0.3) is 11.0 Å². The smallest absolute Gasteiger partial charge is 0.240 e. The molecule has 0 fully saturated rings. The maximum atomic E-state index is 12.3. The van der Waals surface area contributed by atoms with Gasteiger partial charge in [0.2, 0.25) is 10.0 Å². The maximum absolute atomic E-state index is 12.3. The number of rotatable bonds is 6. The first-order valence-corrected chi connectivity index (χ1v) is 9.91. The fourth-order valence-corrected chi connectivity index (χ4v) is 3.92. The maximum Gasteiger partial charge on any atom is 0.240 e. The molecule has 5 nitrogen and oxygen atoms in total. The number of sulfonamides is 1. The molecule has 3 aromatic rings. The quantitative estimate of drug-likeness (QED) is 0.636. The number of hydrogen-bond acceptors (Lipinski definition) is 3. The minimum atomic E-state index is -3.48. The minimum absolute atomic E-state index is 0.288. The Kier molecular flexibility index (Phi) is 5.03. The van der Waals surface area contributed by atoms with Crippen LogP contribution in [0.4, 0.5) is 0 Å². The van der Waals surface area contributed by atoms with Crippen LogP contribution in [0.2, 0.25) is 0 Å². The van der Waals surface area contributed by atoms with Crippen molar-refractivity contribution in [3.05, 3.63) is 58.8 Å². The van der Waals surface area contributed by atoms with E-state index in [1.54, 1.807) is 24.5 Å². The van der Waals surface area contributed by atoms with Crippen molar-refractivity contribution in [3.63, 3.8) is 0 Å². The molecule has 0 saturated carbocycles. The lowest BCUT2D eigenvalue weighted by atomic mass is 10.2. The van der Waals surface area contributed by atoms with Crippen molar-refractivity contribution in [1.29, 1.82) is 0 Å². The SMILES string of the molecule is Cc1cc(S(=O)(=O)NCCCn2cnc3ccccc32)ccc1Br. The summed E-state index contributed by atoms with van der Waals surface area (Å²) < 4.78 is 30.2. The Balaban J connectivity index is 1.60. The number of benzene rings is 2. The number of fused-ring (bicyclic) bond motifs is 1. The second-order valence-corrected chi connectivity index (χ2v) is 8.21. The van der Waals surface area contributed by atoms with Crippen LogP contribution in [0.15, 0.2) is 58.2 Å². The summed E-state index contributed by atoms with van der Waals surface area (Å²) in [5, 5.41) is 0. The molecule has 0 atom stereocenters. The first-order valence-electron chi connectivity index (χ1n) is 7.63. The van der Waals surface area contributed by atoms with E-state index >= 15 is 0 Å². The second kappa shape index (κ2) is 7.04. The Labute approximate surface area is 149 Å². The van der Waals surface area contributed by atoms with E-state index in [-0.39, 0.29) is 4.90 Å². The van der Waals surface area contributed by atoms with Crippen molar-refractivity contribution in [1.82, 2.24) is 14.3 Å². The largest absolute Gasteiger partial charge is 0.331 e. The van der Waals surface area contributed by atoms with Gasteiger partial charge in [0.05, 0.1) is 22.3 Å². The van der Waals surface area contributed by atoms with Crippen LogP contribution >= 0.6 is 15.9 Å². The number of para-hydroxylation sites is 2. The van der Waals surface area contributed by atoms with Gasteiger partial charge in [0.1, 0.15) is 0 Å². The predicted molar refractivity (Wildman–Crippen MR) is 98.4 cm³/mol. The minimum Gasteiger partial charge on any atom is -0.331 e. The van der Waals surface area contributed by atoms with Crippen molar-refractivity contribution in [2.24, 2.45) is 0 Å². The van der Waals surface area contributed by atoms with Gasteiger partial charge in [-0.25, -0.2) is 18.1 Å². The second-order valence-electron chi connectivity index (χ2n) is 5.59. The van der Waals surface area contributed by atoms with Crippen molar-refractivity contribution in [2.45, 2.75) is 24.8 Å². The highest BCUT2D eigenvalue weighted by molar-refractivity contribution is 9.10. The topological polar surface area (TPSA) is 64.0 Å². The molecule has 0 unspecified atom stereocenters. The normalized spacial score (nSPS) is 11.9. The molecule has 7 heteroatoms. The van der Waals surface area contributed by atoms with E-state index in [2.05, 4.69) is 25.6 Å². The molecule has 1 heterocycles. The Morgan fingerprint density at radius 1 is 1.21 bits per heavy atom. The number of hydrogen-bond donors (Lipinski definition) is 1. The molecule has 0 bridgehead atoms. The number of nitrogens with one attached hydrogen (secondary N) is 1. The number of nitrogens with zero attached hydrogens (tertiary/aromatic N) is 2. The third kappa shape index (κ3) is 3.68. The van der Waals surface area contributed by atoms with E-state index in [4.69, 9.17) is 0 Å². The third-order valence-electron chi connectivity index (χ3n) is 3.83. The molecule has 0 aliphatic carbocycles. The summed E-state index contributed by atoms with van der Waals surface area (Å²) in [6.07, 6.45) is 2.48. The van der Waals surface area contributed by atoms with E-state index in [0.717, 1.165) is 21.1 Å². The lowest BCUT2D eigenvalue weighted by Gasteiger charge is -2.09. The molecule has 1 N–H and O–H groups in total. The van der Waals surface area contributed by atoms with Crippen LogP contribution in [0.1, 0.15) is 12.0 Å². The Hall–Kier alpha value is -1.70. The highest BCUT2D eigenvalue weighted by atomic mass is 79.9. The summed E-state index contributed by atoms with van der Waals surface area (Å²) in [6.45, 7) is 2.96. The number of aryl methyl sites for hydroxylation is 2. The van der Waals surface area contributed by atoms with Crippen LogP contribution in [-0.2, 0) is 16.6 Å². The third-order valence-corrected chi connectivity index (χ3v) is 6.18. The molecule has 0 saturated heterocycles. The molecule has 3 rings (SSSR count). The summed E-state index contributed by atoms with van der Waals surface area (Å²) in [7, 11) is -3.48. The summed E-state index contributed by atoms with van der Waals surface area (Å²) in [4.78, 5) is 4.62. The molecule has 24 heavy (non-hydrogen) atoms. The highest BCUT2D eigenvalue weighted by Crippen LogP contribution is 2.20. The van der Waals surface area contributed by atoms with E-state index in [9.17, 15) is 8.42 Å². The molecule has 0 amide bonds. The summed E-state index contributed by atoms with van der Waals surface area (Å²) in [6, 6.07) is 12.9. The molecule has 0 aliphatic rings. The van der Waals surface area contributed by atoms with Crippen molar-refractivity contribution in [2.75, 3.05) is 6.54 Å². The van der Waals surface area contributed by atoms with Gasteiger partial charge in [-0.2, -0.15) is 0 Å². The predicted octanol–water partition coefficient (Wildman–Crippen LogP) is 3.48. The van der Waals surface area contributed by atoms with Gasteiger partial charge in [-0.3, -0.25) is 0 Å². The van der Waals surface area contributed by atoms with Gasteiger partial charge in [0, 0.05) is 17.6 Å². The van der Waals surface area contributed by atoms with E-state index < -0.39 is 10.0 Å². The van der Waals surface area contributed by atoms with Crippen LogP contribution in [-0.4, -0.2) is 24.5 Å². The summed E-state index contributed by atoms with van der Waals surface area (Å²) in [5.41, 5.74) is 2.90. The zero-order valence-corrected chi connectivity index (χ0v) is 15.6. The Morgan fingerprint density at radius 3 is 2.79 bits per heavy atom. The molecule has 126 valence electrons. The average Bonchev–Trinajstić information content (AvgIpc) is 2.97. The molecule has 1 aromatic heterocycles. The van der Waals surface area contributed by atoms with Gasteiger partial charge in [-0.15, -0.1) is 0 Å². The fourth-order valence-electron chi connectivity index (χ4n) is 2.51. The van der Waals surface area contributed by atoms with Gasteiger partial charge in [-0.1, -0.05) is 28.1 Å². The standard InChI is InChI=1S/C17H18BrN3O2S/c1-13-11-14(7-8-15(13)18)24(22,23)20-9-4-10-21-12-19-16-5-2-3-6-17(16)21/h2-3,5-8,11-12,20H,4,9-10H2,1H3. The number of aromatic nitrogens is 2. The van der Waals surface area contributed by atoms with Gasteiger partial charge in [0.15, 0.2) is 0 Å². The number of halogens is 1. The van der Waals surface area contributed by atoms with Crippen molar-refractivity contribution >= 4 is 37.0 Å². The van der Waals surface area contributed by atoms with Gasteiger partial charge in [-0.05, 0) is 49.2 Å². The van der Waals surface area contributed by atoms with Crippen LogP contribution < -0.4 is 4.72 Å². The van der Waals surface area contributed by atoms with Crippen LogP contribution in [0.5, 0.6) is 0 Å². The van der Waals surface area contributed by atoms with E-state index in [1.807, 2.05) is 35.8 Å². The van der Waals surface area contributed by atoms with Crippen molar-refractivity contribution < 1.29 is 8.42 Å². The molecule has 0 spiro atoms. The Bertz CT molecular complexity index is 967. The Morgan fingerprint density at radius 2 is 2.00 bits per heavy atom. The van der Waals surface area contributed by atoms with Crippen LogP contribution in [0, 0.1) is 6.92 Å². The van der Waals surface area contributed by atoms with Crippen molar-refractivity contribution in [3.8, 4) is 0 Å². The van der Waals surface area contributed by atoms with Gasteiger partial charge >= 0.3 is 0 Å². The number of imidazole rings is 1. The fraction of sp³-hybridized carbons (Fsp3) is 0.235. The average molecular weight is 408 g/mol. The van der Waals surface area contributed by atoms with E-state index in [1.165, 1.54) is 0 Å². The molecule has 2 aromatic carbocycles. The van der Waals surface area contributed by atoms with E-state index in [0.29, 0.717) is 19.5 Å². The first kappa shape index (κ1) is 17.1. The molecular formula is C17H18BrN3O2S. The molecule has 0 radical (unpaired) electrons. The highest BCUT2D eigenvalue weighted by Gasteiger charge is 2.14. The lowest BCUT2D eigenvalue weighted by molar-refractivity contribution is 0.571. The monoisotopic (exact) mass is 407 g/mol. The van der Waals surface area contributed by atoms with Gasteiger partial charge in [0.25, 0.3) is 0 Å².